The van der Waals surface area contributed by atoms with Crippen LogP contribution in [0.2, 0.25) is 0 Å². The van der Waals surface area contributed by atoms with Crippen LogP contribution in [0, 0.1) is 17.0 Å². The second-order valence-corrected chi connectivity index (χ2v) is 10.3. The topological polar surface area (TPSA) is 117 Å². The molecule has 3 N–H and O–H groups in total. The molecular formula is C27H31F2N5O4. The summed E-state index contributed by atoms with van der Waals surface area (Å²) >= 11 is 0. The Morgan fingerprint density at radius 1 is 1.21 bits per heavy atom. The number of nitrogens with two attached hydrogens (primary N) is 1. The van der Waals surface area contributed by atoms with Crippen molar-refractivity contribution >= 4 is 23.4 Å². The van der Waals surface area contributed by atoms with Crippen LogP contribution in [0.1, 0.15) is 25.8 Å². The number of halogens is 2. The maximum absolute atomic E-state index is 14.2. The minimum Gasteiger partial charge on any atom is -0.488 e. The molecule has 1 fully saturated rings. The van der Waals surface area contributed by atoms with E-state index in [2.05, 4.69) is 10.4 Å². The van der Waals surface area contributed by atoms with Gasteiger partial charge in [-0.3, -0.25) is 14.4 Å². The van der Waals surface area contributed by atoms with Crippen molar-refractivity contribution in [3.63, 3.8) is 0 Å². The predicted molar refractivity (Wildman–Crippen MR) is 136 cm³/mol. The number of fused-ring (bicyclic) bond motifs is 1. The Hall–Kier alpha value is -3.86. The molecule has 202 valence electrons. The Labute approximate surface area is 219 Å². The molecule has 2 heterocycles. The molecule has 0 saturated carbocycles. The third kappa shape index (κ3) is 5.52. The lowest BCUT2D eigenvalue weighted by Gasteiger charge is -2.40. The Bertz CT molecular complexity index is 1260. The van der Waals surface area contributed by atoms with Gasteiger partial charge in [-0.05, 0) is 38.0 Å². The number of hydrazone groups is 1. The van der Waals surface area contributed by atoms with Gasteiger partial charge in [-0.25, -0.2) is 13.8 Å². The van der Waals surface area contributed by atoms with E-state index in [1.165, 1.54) is 23.8 Å². The lowest BCUT2D eigenvalue weighted by molar-refractivity contribution is -0.143. The zero-order chi connectivity index (χ0) is 27.7. The van der Waals surface area contributed by atoms with Crippen LogP contribution in [0.15, 0.2) is 53.6 Å². The molecule has 0 radical (unpaired) electrons. The molecule has 2 atom stereocenters. The number of benzene rings is 2. The van der Waals surface area contributed by atoms with Crippen LogP contribution >= 0.6 is 0 Å². The first-order valence-electron chi connectivity index (χ1n) is 12.3. The number of carbonyl (C=O) groups excluding carboxylic acids is 3. The van der Waals surface area contributed by atoms with Crippen molar-refractivity contribution in [1.82, 2.24) is 15.2 Å². The molecule has 4 rings (SSSR count). The van der Waals surface area contributed by atoms with Gasteiger partial charge in [0.2, 0.25) is 11.8 Å². The van der Waals surface area contributed by atoms with E-state index >= 15 is 0 Å². The van der Waals surface area contributed by atoms with Gasteiger partial charge in [0.25, 0.3) is 5.91 Å². The summed E-state index contributed by atoms with van der Waals surface area (Å²) in [6.07, 6.45) is 0.717. The molecule has 1 saturated heterocycles. The largest absolute Gasteiger partial charge is 0.488 e. The molecule has 2 aliphatic rings. The molecule has 0 aromatic heterocycles. The van der Waals surface area contributed by atoms with Crippen LogP contribution in [-0.4, -0.2) is 71.7 Å². The van der Waals surface area contributed by atoms with E-state index in [-0.39, 0.29) is 24.7 Å². The molecule has 2 aromatic rings. The van der Waals surface area contributed by atoms with Gasteiger partial charge in [0, 0.05) is 32.6 Å². The number of ether oxygens (including phenoxy) is 1. The number of likely N-dealkylation sites (tertiary alicyclic amines) is 1. The van der Waals surface area contributed by atoms with Crippen LogP contribution in [0.4, 0.5) is 8.78 Å². The quantitative estimate of drug-likeness (QED) is 0.544. The van der Waals surface area contributed by atoms with Gasteiger partial charge >= 0.3 is 0 Å². The molecule has 38 heavy (non-hydrogen) atoms. The molecule has 0 aliphatic carbocycles. The predicted octanol–water partition coefficient (Wildman–Crippen LogP) is 1.86. The Morgan fingerprint density at radius 2 is 1.92 bits per heavy atom. The fraction of sp³-hybridized carbons (Fsp3) is 0.407. The number of hydrogen-bond acceptors (Lipinski definition) is 6. The van der Waals surface area contributed by atoms with E-state index in [0.717, 1.165) is 17.7 Å². The summed E-state index contributed by atoms with van der Waals surface area (Å²) in [5.41, 5.74) is 5.19. The van der Waals surface area contributed by atoms with Gasteiger partial charge in [-0.15, -0.1) is 0 Å². The SMILES string of the molecule is CN1N=C2CCN(C(=O)C(COc3ccc(F)cc3F)NC(=O)C(C)(C)N)C[C@@]2(Cc2ccccc2)C1=O. The van der Waals surface area contributed by atoms with Crippen molar-refractivity contribution in [3.8, 4) is 5.75 Å². The molecule has 0 spiro atoms. The summed E-state index contributed by atoms with van der Waals surface area (Å²) in [6.45, 7) is 2.84. The first-order chi connectivity index (χ1) is 17.9. The zero-order valence-electron chi connectivity index (χ0n) is 21.5. The summed E-state index contributed by atoms with van der Waals surface area (Å²) in [4.78, 5) is 41.3. The molecule has 1 unspecified atom stereocenters. The Kier molecular flexibility index (Phi) is 7.50. The van der Waals surface area contributed by atoms with E-state index in [1.54, 1.807) is 7.05 Å². The standard InChI is InChI=1S/C27H31F2N5O4/c1-26(2,30)24(36)31-20(15-38-21-10-9-18(28)13-19(21)29)23(35)34-12-11-22-27(16-34,25(37)33(3)32-22)14-17-7-5-4-6-8-17/h4-10,13,20H,11-12,14-16,30H2,1-3H3,(H,31,36)/t20?,27-/m1/s1. The van der Waals surface area contributed by atoms with E-state index in [0.29, 0.717) is 24.6 Å². The van der Waals surface area contributed by atoms with Crippen LogP contribution in [0.25, 0.3) is 0 Å². The van der Waals surface area contributed by atoms with E-state index in [1.807, 2.05) is 30.3 Å². The number of hydrogen-bond donors (Lipinski definition) is 2. The highest BCUT2D eigenvalue weighted by Gasteiger charge is 2.54. The molecule has 3 amide bonds. The minimum atomic E-state index is -1.31. The van der Waals surface area contributed by atoms with Gasteiger partial charge in [-0.2, -0.15) is 5.10 Å². The average molecular weight is 528 g/mol. The summed E-state index contributed by atoms with van der Waals surface area (Å²) in [5.74, 6) is -3.34. The average Bonchev–Trinajstić information content (AvgIpc) is 3.11. The summed E-state index contributed by atoms with van der Waals surface area (Å²) in [7, 11) is 1.59. The molecule has 2 aromatic carbocycles. The van der Waals surface area contributed by atoms with E-state index in [9.17, 15) is 23.2 Å². The second kappa shape index (κ2) is 10.5. The van der Waals surface area contributed by atoms with Crippen molar-refractivity contribution < 1.29 is 27.9 Å². The van der Waals surface area contributed by atoms with Crippen LogP contribution in [-0.2, 0) is 20.8 Å². The molecule has 0 bridgehead atoms. The Balaban J connectivity index is 1.59. The van der Waals surface area contributed by atoms with E-state index in [4.69, 9.17) is 10.5 Å². The zero-order valence-corrected chi connectivity index (χ0v) is 21.5. The van der Waals surface area contributed by atoms with Gasteiger partial charge in [0.1, 0.15) is 23.9 Å². The summed E-state index contributed by atoms with van der Waals surface area (Å²) in [6, 6.07) is 11.0. The lowest BCUT2D eigenvalue weighted by atomic mass is 9.73. The minimum absolute atomic E-state index is 0.0477. The fourth-order valence-electron chi connectivity index (χ4n) is 4.72. The molecule has 11 heteroatoms. The van der Waals surface area contributed by atoms with Gasteiger partial charge in [0.05, 0.1) is 11.3 Å². The molecular weight excluding hydrogens is 496 g/mol. The van der Waals surface area contributed by atoms with Crippen molar-refractivity contribution in [2.24, 2.45) is 16.3 Å². The number of nitrogens with zero attached hydrogens (tertiary/aromatic N) is 3. The van der Waals surface area contributed by atoms with Crippen molar-refractivity contribution in [2.75, 3.05) is 26.7 Å². The highest BCUT2D eigenvalue weighted by Crippen LogP contribution is 2.38. The number of nitrogens with one attached hydrogen (secondary N) is 1. The van der Waals surface area contributed by atoms with Crippen LogP contribution in [0.5, 0.6) is 5.75 Å². The maximum atomic E-state index is 14.2. The molecule has 9 nitrogen and oxygen atoms in total. The third-order valence-corrected chi connectivity index (χ3v) is 6.75. The highest BCUT2D eigenvalue weighted by molar-refractivity contribution is 6.13. The maximum Gasteiger partial charge on any atom is 0.256 e. The van der Waals surface area contributed by atoms with Crippen molar-refractivity contribution in [1.29, 1.82) is 0 Å². The number of rotatable bonds is 8. The van der Waals surface area contributed by atoms with Crippen LogP contribution in [0.3, 0.4) is 0 Å². The number of piperidine rings is 1. The first kappa shape index (κ1) is 27.2. The monoisotopic (exact) mass is 527 g/mol. The van der Waals surface area contributed by atoms with Crippen molar-refractivity contribution in [3.05, 3.63) is 65.7 Å². The summed E-state index contributed by atoms with van der Waals surface area (Å²) < 4.78 is 33.0. The van der Waals surface area contributed by atoms with Gasteiger partial charge < -0.3 is 20.7 Å². The smallest absolute Gasteiger partial charge is 0.256 e. The highest BCUT2D eigenvalue weighted by atomic mass is 19.1. The van der Waals surface area contributed by atoms with Gasteiger partial charge in [0.15, 0.2) is 11.6 Å². The third-order valence-electron chi connectivity index (χ3n) is 6.75. The fourth-order valence-corrected chi connectivity index (χ4v) is 4.72. The number of carbonyl (C=O) groups is 3. The van der Waals surface area contributed by atoms with Crippen molar-refractivity contribution in [2.45, 2.75) is 38.3 Å². The number of amides is 3. The lowest BCUT2D eigenvalue weighted by Crippen LogP contribution is -2.62. The normalized spacial score (nSPS) is 20.1. The van der Waals surface area contributed by atoms with E-state index < -0.39 is 47.1 Å². The second-order valence-electron chi connectivity index (χ2n) is 10.3. The summed E-state index contributed by atoms with van der Waals surface area (Å²) in [5, 5.41) is 8.35. The van der Waals surface area contributed by atoms with Gasteiger partial charge in [-0.1, -0.05) is 30.3 Å². The van der Waals surface area contributed by atoms with Crippen LogP contribution < -0.4 is 15.8 Å². The Morgan fingerprint density at radius 3 is 2.58 bits per heavy atom. The first-order valence-corrected chi connectivity index (χ1v) is 12.3. The molecule has 2 aliphatic heterocycles.